The fourth-order valence-electron chi connectivity index (χ4n) is 2.63. The minimum Gasteiger partial charge on any atom is -0.463 e. The van der Waals surface area contributed by atoms with Crippen molar-refractivity contribution in [3.8, 4) is 0 Å². The first-order valence-corrected chi connectivity index (χ1v) is 8.12. The lowest BCUT2D eigenvalue weighted by molar-refractivity contribution is -0.155. The van der Waals surface area contributed by atoms with Crippen molar-refractivity contribution in [3.63, 3.8) is 0 Å². The molecule has 134 valence electrons. The monoisotopic (exact) mass is 388 g/mol. The molecule has 2 aromatic heterocycles. The van der Waals surface area contributed by atoms with Gasteiger partial charge in [-0.05, 0) is 11.6 Å². The molecule has 3 heterocycles. The van der Waals surface area contributed by atoms with Crippen molar-refractivity contribution in [2.45, 2.75) is 38.7 Å². The molecule has 0 aromatic carbocycles. The Morgan fingerprint density at radius 2 is 2.08 bits per heavy atom. The van der Waals surface area contributed by atoms with Gasteiger partial charge < -0.3 is 14.2 Å². The summed E-state index contributed by atoms with van der Waals surface area (Å²) < 4.78 is 17.8. The Labute approximate surface area is 152 Å². The highest BCUT2D eigenvalue weighted by molar-refractivity contribution is 6.35. The molecule has 0 amide bonds. The molecule has 11 heteroatoms. The van der Waals surface area contributed by atoms with Crippen LogP contribution in [0.25, 0.3) is 11.2 Å². The van der Waals surface area contributed by atoms with Crippen LogP contribution in [0.4, 0.5) is 0 Å². The highest BCUT2D eigenvalue weighted by Gasteiger charge is 2.40. The fourth-order valence-corrected chi connectivity index (χ4v) is 3.05. The molecule has 0 bridgehead atoms. The van der Waals surface area contributed by atoms with Gasteiger partial charge in [0.1, 0.15) is 30.6 Å². The Morgan fingerprint density at radius 3 is 2.76 bits per heavy atom. The molecule has 1 fully saturated rings. The fraction of sp³-hybridized carbons (Fsp3) is 0.500. The number of hydrogen-bond donors (Lipinski definition) is 0. The van der Waals surface area contributed by atoms with Gasteiger partial charge in [-0.3, -0.25) is 14.2 Å². The highest BCUT2D eigenvalue weighted by Crippen LogP contribution is 2.34. The molecular formula is C14H14Cl2N4O5. The van der Waals surface area contributed by atoms with Crippen molar-refractivity contribution in [2.24, 2.45) is 0 Å². The van der Waals surface area contributed by atoms with E-state index in [0.717, 1.165) is 0 Å². The minimum absolute atomic E-state index is 0.0229. The van der Waals surface area contributed by atoms with Crippen LogP contribution < -0.4 is 0 Å². The summed E-state index contributed by atoms with van der Waals surface area (Å²) in [6.45, 7) is 2.56. The summed E-state index contributed by atoms with van der Waals surface area (Å²) in [6.07, 6.45) is 0.0913. The zero-order valence-electron chi connectivity index (χ0n) is 13.3. The number of rotatable bonds is 4. The van der Waals surface area contributed by atoms with Gasteiger partial charge in [0.15, 0.2) is 10.8 Å². The van der Waals surface area contributed by atoms with E-state index in [2.05, 4.69) is 15.0 Å². The van der Waals surface area contributed by atoms with E-state index in [1.807, 2.05) is 0 Å². The van der Waals surface area contributed by atoms with E-state index in [0.29, 0.717) is 17.6 Å². The smallest absolute Gasteiger partial charge is 0.303 e. The highest BCUT2D eigenvalue weighted by atomic mass is 35.5. The summed E-state index contributed by atoms with van der Waals surface area (Å²) >= 11 is 11.9. The van der Waals surface area contributed by atoms with E-state index in [-0.39, 0.29) is 17.0 Å². The van der Waals surface area contributed by atoms with Crippen LogP contribution in [0.15, 0.2) is 6.33 Å². The second-order valence-electron chi connectivity index (χ2n) is 5.42. The third-order valence-electron chi connectivity index (χ3n) is 3.61. The van der Waals surface area contributed by atoms with E-state index in [1.165, 1.54) is 20.2 Å². The summed E-state index contributed by atoms with van der Waals surface area (Å²) in [5.74, 6) is -0.904. The maximum atomic E-state index is 11.3. The molecule has 1 saturated heterocycles. The number of nitrogens with zero attached hydrogens (tertiary/aromatic N) is 4. The zero-order valence-corrected chi connectivity index (χ0v) is 14.8. The molecule has 0 N–H and O–H groups in total. The Balaban J connectivity index is 1.87. The molecule has 0 radical (unpaired) electrons. The summed E-state index contributed by atoms with van der Waals surface area (Å²) in [5.41, 5.74) is 0.770. The van der Waals surface area contributed by atoms with Crippen molar-refractivity contribution < 1.29 is 23.8 Å². The van der Waals surface area contributed by atoms with E-state index >= 15 is 0 Å². The third kappa shape index (κ3) is 3.83. The molecular weight excluding hydrogens is 375 g/mol. The van der Waals surface area contributed by atoms with Gasteiger partial charge in [0.25, 0.3) is 0 Å². The van der Waals surface area contributed by atoms with Crippen molar-refractivity contribution in [1.29, 1.82) is 0 Å². The number of aromatic nitrogens is 4. The first-order chi connectivity index (χ1) is 11.8. The molecule has 1 aliphatic heterocycles. The summed E-state index contributed by atoms with van der Waals surface area (Å²) in [7, 11) is 0. The lowest BCUT2D eigenvalue weighted by Gasteiger charge is -2.17. The maximum absolute atomic E-state index is 11.3. The first-order valence-electron chi connectivity index (χ1n) is 7.36. The molecule has 3 unspecified atom stereocenters. The molecule has 0 saturated carbocycles. The van der Waals surface area contributed by atoms with Crippen LogP contribution >= 0.6 is 23.2 Å². The quantitative estimate of drug-likeness (QED) is 0.444. The van der Waals surface area contributed by atoms with Crippen LogP contribution in [0.1, 0.15) is 26.5 Å². The number of carbonyl (C=O) groups is 2. The van der Waals surface area contributed by atoms with E-state index in [1.54, 1.807) is 4.57 Å². The van der Waals surface area contributed by atoms with Gasteiger partial charge in [-0.2, -0.15) is 4.98 Å². The average molecular weight is 389 g/mol. The third-order valence-corrected chi connectivity index (χ3v) is 4.04. The molecule has 1 aliphatic rings. The number of carbonyl (C=O) groups excluding carboxylic acids is 2. The minimum atomic E-state index is -0.608. The lowest BCUT2D eigenvalue weighted by Crippen LogP contribution is -2.31. The molecule has 0 aliphatic carbocycles. The molecule has 0 spiro atoms. The van der Waals surface area contributed by atoms with Crippen molar-refractivity contribution >= 4 is 46.3 Å². The number of esters is 2. The Kier molecular flexibility index (Phi) is 5.07. The van der Waals surface area contributed by atoms with E-state index < -0.39 is 30.4 Å². The van der Waals surface area contributed by atoms with Gasteiger partial charge >= 0.3 is 11.9 Å². The van der Waals surface area contributed by atoms with Crippen molar-refractivity contribution in [1.82, 2.24) is 19.5 Å². The first kappa shape index (κ1) is 17.8. The molecule has 3 atom stereocenters. The lowest BCUT2D eigenvalue weighted by atomic mass is 10.2. The average Bonchev–Trinajstić information content (AvgIpc) is 3.08. The van der Waals surface area contributed by atoms with Crippen LogP contribution in [-0.4, -0.2) is 50.3 Å². The van der Waals surface area contributed by atoms with E-state index in [9.17, 15) is 9.59 Å². The largest absolute Gasteiger partial charge is 0.463 e. The summed E-state index contributed by atoms with van der Waals surface area (Å²) in [4.78, 5) is 34.5. The predicted molar refractivity (Wildman–Crippen MR) is 86.1 cm³/mol. The van der Waals surface area contributed by atoms with Crippen LogP contribution in [0, 0.1) is 0 Å². The van der Waals surface area contributed by atoms with Gasteiger partial charge in [-0.1, -0.05) is 11.6 Å². The summed E-state index contributed by atoms with van der Waals surface area (Å²) in [6, 6.07) is 0. The Hall–Kier alpha value is -1.97. The standard InChI is InChI=1S/C14H14Cl2N4O5/c1-6(21)23-4-9-8(24-7(2)22)3-10(25-9)20-5-17-11-12(15)18-14(16)19-13(11)20/h5,8-10H,3-4H2,1-2H3. The van der Waals surface area contributed by atoms with Crippen molar-refractivity contribution in [2.75, 3.05) is 6.61 Å². The molecule has 2 aromatic rings. The van der Waals surface area contributed by atoms with E-state index in [4.69, 9.17) is 37.4 Å². The van der Waals surface area contributed by atoms with Gasteiger partial charge in [-0.25, -0.2) is 9.97 Å². The number of imidazole rings is 1. The molecule has 3 rings (SSSR count). The van der Waals surface area contributed by atoms with Gasteiger partial charge in [0.2, 0.25) is 5.28 Å². The van der Waals surface area contributed by atoms with Gasteiger partial charge in [0, 0.05) is 20.3 Å². The number of ether oxygens (including phenoxy) is 3. The Morgan fingerprint density at radius 1 is 1.32 bits per heavy atom. The van der Waals surface area contributed by atoms with Crippen molar-refractivity contribution in [3.05, 3.63) is 16.8 Å². The van der Waals surface area contributed by atoms with Gasteiger partial charge in [-0.15, -0.1) is 0 Å². The normalized spacial score (nSPS) is 23.0. The number of halogens is 2. The number of fused-ring (bicyclic) bond motifs is 1. The van der Waals surface area contributed by atoms with Crippen LogP contribution in [-0.2, 0) is 23.8 Å². The Bertz CT molecular complexity index is 827. The number of hydrogen-bond acceptors (Lipinski definition) is 8. The van der Waals surface area contributed by atoms with Crippen LogP contribution in [0.5, 0.6) is 0 Å². The van der Waals surface area contributed by atoms with Crippen LogP contribution in [0.3, 0.4) is 0 Å². The van der Waals surface area contributed by atoms with Crippen LogP contribution in [0.2, 0.25) is 10.4 Å². The molecule has 25 heavy (non-hydrogen) atoms. The second kappa shape index (κ2) is 7.11. The summed E-state index contributed by atoms with van der Waals surface area (Å²) in [5, 5.41) is 0.102. The van der Waals surface area contributed by atoms with Gasteiger partial charge in [0.05, 0.1) is 6.33 Å². The molecule has 9 nitrogen and oxygen atoms in total. The maximum Gasteiger partial charge on any atom is 0.303 e. The SMILES string of the molecule is CC(=O)OCC1OC(n2cnc3c(Cl)nc(Cl)nc32)CC1OC(C)=O. The topological polar surface area (TPSA) is 105 Å². The predicted octanol–water partition coefficient (Wildman–Crippen LogP) is 1.92. The zero-order chi connectivity index (χ0) is 18.1. The second-order valence-corrected chi connectivity index (χ2v) is 6.12.